The predicted molar refractivity (Wildman–Crippen MR) is 89.1 cm³/mol. The normalized spacial score (nSPS) is 10.3. The summed E-state index contributed by atoms with van der Waals surface area (Å²) in [5.41, 5.74) is 2.38. The highest BCUT2D eigenvalue weighted by Gasteiger charge is 2.02. The number of methoxy groups -OCH3 is 1. The van der Waals surface area contributed by atoms with Crippen molar-refractivity contribution in [3.05, 3.63) is 53.6 Å². The molecule has 0 fully saturated rings. The van der Waals surface area contributed by atoms with Crippen molar-refractivity contribution in [3.63, 3.8) is 0 Å². The molecule has 0 atom stereocenters. The maximum atomic E-state index is 5.88. The molecule has 3 nitrogen and oxygen atoms in total. The van der Waals surface area contributed by atoms with Crippen LogP contribution in [0, 0.1) is 13.8 Å². The smallest absolute Gasteiger partial charge is 0.125 e. The summed E-state index contributed by atoms with van der Waals surface area (Å²) in [6.45, 7) is 5.55. The monoisotopic (exact) mass is 300 g/mol. The second kappa shape index (κ2) is 8.32. The van der Waals surface area contributed by atoms with E-state index in [0.717, 1.165) is 30.1 Å². The molecule has 0 spiro atoms. The molecule has 0 aliphatic carbocycles. The highest BCUT2D eigenvalue weighted by atomic mass is 16.5. The number of hydrogen-bond acceptors (Lipinski definition) is 3. The molecule has 0 saturated heterocycles. The molecular formula is C19H24O3. The number of unbranched alkanes of at least 4 members (excludes halogenated alkanes) is 1. The molecule has 22 heavy (non-hydrogen) atoms. The Bertz CT molecular complexity index is 573. The topological polar surface area (TPSA) is 27.7 Å². The fraction of sp³-hybridized carbons (Fsp3) is 0.368. The van der Waals surface area contributed by atoms with Gasteiger partial charge in [0, 0.05) is 6.07 Å². The second-order valence-electron chi connectivity index (χ2n) is 5.30. The zero-order valence-electron chi connectivity index (χ0n) is 13.6. The Balaban J connectivity index is 1.67. The first kappa shape index (κ1) is 16.2. The molecule has 3 heteroatoms. The van der Waals surface area contributed by atoms with E-state index in [0.29, 0.717) is 13.2 Å². The van der Waals surface area contributed by atoms with Crippen LogP contribution in [0.25, 0.3) is 0 Å². The minimum atomic E-state index is 0.684. The molecule has 118 valence electrons. The van der Waals surface area contributed by atoms with E-state index < -0.39 is 0 Å². The largest absolute Gasteiger partial charge is 0.497 e. The number of benzene rings is 2. The zero-order chi connectivity index (χ0) is 15.8. The van der Waals surface area contributed by atoms with Gasteiger partial charge in [0.1, 0.15) is 17.2 Å². The summed E-state index contributed by atoms with van der Waals surface area (Å²) >= 11 is 0. The summed E-state index contributed by atoms with van der Waals surface area (Å²) in [5.74, 6) is 2.67. The van der Waals surface area contributed by atoms with Gasteiger partial charge < -0.3 is 14.2 Å². The summed E-state index contributed by atoms with van der Waals surface area (Å²) in [6, 6.07) is 13.9. The first-order chi connectivity index (χ1) is 10.7. The van der Waals surface area contributed by atoms with E-state index in [4.69, 9.17) is 14.2 Å². The number of rotatable bonds is 8. The van der Waals surface area contributed by atoms with Gasteiger partial charge in [-0.1, -0.05) is 24.3 Å². The van der Waals surface area contributed by atoms with Crippen LogP contribution in [-0.4, -0.2) is 20.3 Å². The van der Waals surface area contributed by atoms with Crippen molar-refractivity contribution in [3.8, 4) is 17.2 Å². The van der Waals surface area contributed by atoms with Gasteiger partial charge >= 0.3 is 0 Å². The lowest BCUT2D eigenvalue weighted by Crippen LogP contribution is -2.04. The van der Waals surface area contributed by atoms with E-state index in [-0.39, 0.29) is 0 Å². The van der Waals surface area contributed by atoms with Crippen molar-refractivity contribution in [2.24, 2.45) is 0 Å². The van der Waals surface area contributed by atoms with Gasteiger partial charge in [-0.3, -0.25) is 0 Å². The van der Waals surface area contributed by atoms with Crippen molar-refractivity contribution in [2.75, 3.05) is 20.3 Å². The predicted octanol–water partition coefficient (Wildman–Crippen LogP) is 4.55. The molecule has 2 aromatic carbocycles. The van der Waals surface area contributed by atoms with E-state index >= 15 is 0 Å². The summed E-state index contributed by atoms with van der Waals surface area (Å²) in [5, 5.41) is 0. The summed E-state index contributed by atoms with van der Waals surface area (Å²) < 4.78 is 16.8. The first-order valence-electron chi connectivity index (χ1n) is 7.66. The van der Waals surface area contributed by atoms with Gasteiger partial charge in [0.15, 0.2) is 0 Å². The molecule has 0 aromatic heterocycles. The minimum absolute atomic E-state index is 0.684. The summed E-state index contributed by atoms with van der Waals surface area (Å²) in [6.07, 6.45) is 1.93. The molecule has 0 aliphatic heterocycles. The Hall–Kier alpha value is -2.16. The number of para-hydroxylation sites is 1. The minimum Gasteiger partial charge on any atom is -0.497 e. The Morgan fingerprint density at radius 3 is 2.05 bits per heavy atom. The van der Waals surface area contributed by atoms with Gasteiger partial charge in [0.2, 0.25) is 0 Å². The molecule has 0 saturated carbocycles. The highest BCUT2D eigenvalue weighted by molar-refractivity contribution is 5.39. The third kappa shape index (κ3) is 4.69. The Morgan fingerprint density at radius 2 is 1.36 bits per heavy atom. The molecule has 2 rings (SSSR count). The number of ether oxygens (including phenoxy) is 3. The second-order valence-corrected chi connectivity index (χ2v) is 5.30. The van der Waals surface area contributed by atoms with Crippen molar-refractivity contribution in [1.29, 1.82) is 0 Å². The highest BCUT2D eigenvalue weighted by Crippen LogP contribution is 2.22. The van der Waals surface area contributed by atoms with Crippen molar-refractivity contribution in [1.82, 2.24) is 0 Å². The molecule has 0 heterocycles. The fourth-order valence-corrected chi connectivity index (χ4v) is 2.29. The molecule has 0 N–H and O–H groups in total. The first-order valence-corrected chi connectivity index (χ1v) is 7.66. The fourth-order valence-electron chi connectivity index (χ4n) is 2.29. The van der Waals surface area contributed by atoms with Crippen LogP contribution in [0.2, 0.25) is 0 Å². The standard InChI is InChI=1S/C19H24O3/c1-15-8-6-9-16(2)19(15)22-13-5-4-12-21-18-11-7-10-17(14-18)20-3/h6-11,14H,4-5,12-13H2,1-3H3. The van der Waals surface area contributed by atoms with E-state index in [1.807, 2.05) is 24.3 Å². The Kier molecular flexibility index (Phi) is 6.13. The van der Waals surface area contributed by atoms with Gasteiger partial charge in [0.05, 0.1) is 20.3 Å². The van der Waals surface area contributed by atoms with E-state index in [1.54, 1.807) is 7.11 Å². The molecule has 2 aromatic rings. The zero-order valence-corrected chi connectivity index (χ0v) is 13.6. The molecular weight excluding hydrogens is 276 g/mol. The van der Waals surface area contributed by atoms with Crippen molar-refractivity contribution >= 4 is 0 Å². The molecule has 0 unspecified atom stereocenters. The van der Waals surface area contributed by atoms with Crippen LogP contribution < -0.4 is 14.2 Å². The van der Waals surface area contributed by atoms with E-state index in [1.165, 1.54) is 11.1 Å². The average molecular weight is 300 g/mol. The van der Waals surface area contributed by atoms with Gasteiger partial charge in [0.25, 0.3) is 0 Å². The molecule has 0 bridgehead atoms. The molecule has 0 radical (unpaired) electrons. The van der Waals surface area contributed by atoms with Gasteiger partial charge in [-0.15, -0.1) is 0 Å². The van der Waals surface area contributed by atoms with Gasteiger partial charge in [-0.2, -0.15) is 0 Å². The lowest BCUT2D eigenvalue weighted by atomic mass is 10.1. The SMILES string of the molecule is COc1cccc(OCCCCOc2c(C)cccc2C)c1. The lowest BCUT2D eigenvalue weighted by Gasteiger charge is -2.12. The maximum absolute atomic E-state index is 5.88. The van der Waals surface area contributed by atoms with E-state index in [2.05, 4.69) is 32.0 Å². The third-order valence-electron chi connectivity index (χ3n) is 3.50. The number of hydrogen-bond donors (Lipinski definition) is 0. The van der Waals surface area contributed by atoms with Gasteiger partial charge in [-0.25, -0.2) is 0 Å². The van der Waals surface area contributed by atoms with Crippen LogP contribution in [0.4, 0.5) is 0 Å². The quantitative estimate of drug-likeness (QED) is 0.669. The molecule has 0 amide bonds. The molecule has 0 aliphatic rings. The number of aryl methyl sites for hydroxylation is 2. The average Bonchev–Trinajstić information content (AvgIpc) is 2.53. The van der Waals surface area contributed by atoms with Crippen molar-refractivity contribution < 1.29 is 14.2 Å². The maximum Gasteiger partial charge on any atom is 0.125 e. The van der Waals surface area contributed by atoms with Gasteiger partial charge in [-0.05, 0) is 49.9 Å². The van der Waals surface area contributed by atoms with Crippen LogP contribution in [0.1, 0.15) is 24.0 Å². The van der Waals surface area contributed by atoms with Crippen LogP contribution in [0.5, 0.6) is 17.2 Å². The van der Waals surface area contributed by atoms with E-state index in [9.17, 15) is 0 Å². The third-order valence-corrected chi connectivity index (χ3v) is 3.50. The van der Waals surface area contributed by atoms with Crippen molar-refractivity contribution in [2.45, 2.75) is 26.7 Å². The van der Waals surface area contributed by atoms with Crippen LogP contribution in [-0.2, 0) is 0 Å². The Labute approximate surface area is 132 Å². The van der Waals surface area contributed by atoms with Crippen LogP contribution in [0.15, 0.2) is 42.5 Å². The van der Waals surface area contributed by atoms with Crippen LogP contribution in [0.3, 0.4) is 0 Å². The summed E-state index contributed by atoms with van der Waals surface area (Å²) in [4.78, 5) is 0. The van der Waals surface area contributed by atoms with Crippen LogP contribution >= 0.6 is 0 Å². The Morgan fingerprint density at radius 1 is 0.773 bits per heavy atom. The lowest BCUT2D eigenvalue weighted by molar-refractivity contribution is 0.264. The summed E-state index contributed by atoms with van der Waals surface area (Å²) in [7, 11) is 1.66.